The van der Waals surface area contributed by atoms with Crippen LogP contribution < -0.4 is 9.64 Å². The van der Waals surface area contributed by atoms with E-state index in [0.717, 1.165) is 4.70 Å². The number of carbonyl (C=O) groups is 2. The van der Waals surface area contributed by atoms with Crippen molar-refractivity contribution in [3.8, 4) is 5.75 Å². The maximum atomic E-state index is 13.5. The molecule has 0 aliphatic carbocycles. The molecule has 35 heavy (non-hydrogen) atoms. The van der Waals surface area contributed by atoms with Crippen LogP contribution in [0.15, 0.2) is 72.3 Å². The van der Waals surface area contributed by atoms with Gasteiger partial charge in [-0.3, -0.25) is 14.5 Å². The lowest BCUT2D eigenvalue weighted by Crippen LogP contribution is -2.29. The normalized spacial score (nSPS) is 17.3. The molecular weight excluding hydrogens is 491 g/mol. The van der Waals surface area contributed by atoms with Crippen molar-refractivity contribution in [3.05, 3.63) is 94.3 Å². The van der Waals surface area contributed by atoms with Gasteiger partial charge in [0.2, 0.25) is 0 Å². The number of fused-ring (bicyclic) bond motifs is 1. The SMILES string of the molecule is CCOc1ccc2nc(N3C(=O)C(=O)/C(=C(/O)c4ccc(F)cc4)[C@@H]3c3cccc(Cl)c3)sc2c1. The summed E-state index contributed by atoms with van der Waals surface area (Å²) < 4.78 is 19.8. The van der Waals surface area contributed by atoms with Gasteiger partial charge in [0.15, 0.2) is 5.13 Å². The van der Waals surface area contributed by atoms with Crippen LogP contribution in [0, 0.1) is 5.82 Å². The second-order valence-corrected chi connectivity index (χ2v) is 9.24. The number of halogens is 2. The Bertz CT molecular complexity index is 1500. The van der Waals surface area contributed by atoms with Crippen molar-refractivity contribution in [1.29, 1.82) is 0 Å². The molecule has 0 spiro atoms. The van der Waals surface area contributed by atoms with Gasteiger partial charge in [-0.15, -0.1) is 0 Å². The molecule has 6 nitrogen and oxygen atoms in total. The van der Waals surface area contributed by atoms with Crippen LogP contribution in [-0.2, 0) is 9.59 Å². The summed E-state index contributed by atoms with van der Waals surface area (Å²) in [5.74, 6) is -1.93. The average molecular weight is 509 g/mol. The fourth-order valence-electron chi connectivity index (χ4n) is 4.04. The number of benzene rings is 3. The zero-order chi connectivity index (χ0) is 24.7. The number of rotatable bonds is 5. The Kier molecular flexibility index (Phi) is 6.00. The van der Waals surface area contributed by atoms with E-state index in [1.54, 1.807) is 36.4 Å². The summed E-state index contributed by atoms with van der Waals surface area (Å²) in [5.41, 5.74) is 1.24. The van der Waals surface area contributed by atoms with E-state index >= 15 is 0 Å². The van der Waals surface area contributed by atoms with Crippen molar-refractivity contribution in [2.75, 3.05) is 11.5 Å². The third-order valence-corrected chi connectivity index (χ3v) is 6.84. The summed E-state index contributed by atoms with van der Waals surface area (Å²) >= 11 is 7.46. The fourth-order valence-corrected chi connectivity index (χ4v) is 5.26. The molecule has 1 aliphatic rings. The molecule has 0 bridgehead atoms. The standard InChI is InChI=1S/C26H18ClFN2O4S/c1-2-34-18-10-11-19-20(13-18)35-26(29-19)30-22(15-4-3-5-16(27)12-15)21(24(32)25(30)33)23(31)14-6-8-17(28)9-7-14/h3-13,22,31H,2H2,1H3/b23-21+/t22-/m0/s1. The average Bonchev–Trinajstić information content (AvgIpc) is 3.37. The molecule has 9 heteroatoms. The number of ketones is 1. The quantitative estimate of drug-likeness (QED) is 0.200. The van der Waals surface area contributed by atoms with E-state index in [2.05, 4.69) is 4.98 Å². The Hall–Kier alpha value is -3.75. The second kappa shape index (κ2) is 9.13. The summed E-state index contributed by atoms with van der Waals surface area (Å²) in [6.07, 6.45) is 0. The molecule has 3 aromatic carbocycles. The van der Waals surface area contributed by atoms with E-state index in [-0.39, 0.29) is 11.1 Å². The lowest BCUT2D eigenvalue weighted by atomic mass is 9.95. The van der Waals surface area contributed by atoms with Gasteiger partial charge in [0, 0.05) is 10.6 Å². The number of hydrogen-bond donors (Lipinski definition) is 1. The molecule has 1 saturated heterocycles. The van der Waals surface area contributed by atoms with E-state index in [4.69, 9.17) is 16.3 Å². The van der Waals surface area contributed by atoms with Gasteiger partial charge in [-0.1, -0.05) is 35.1 Å². The van der Waals surface area contributed by atoms with Crippen LogP contribution in [-0.4, -0.2) is 28.4 Å². The maximum absolute atomic E-state index is 13.5. The van der Waals surface area contributed by atoms with Gasteiger partial charge in [0.1, 0.15) is 17.3 Å². The van der Waals surface area contributed by atoms with Crippen LogP contribution in [0.1, 0.15) is 24.1 Å². The van der Waals surface area contributed by atoms with Gasteiger partial charge in [-0.05, 0) is 67.1 Å². The van der Waals surface area contributed by atoms with Gasteiger partial charge < -0.3 is 9.84 Å². The molecule has 1 N–H and O–H groups in total. The number of anilines is 1. The first-order chi connectivity index (χ1) is 16.9. The third-order valence-electron chi connectivity index (χ3n) is 5.59. The van der Waals surface area contributed by atoms with E-state index in [9.17, 15) is 19.1 Å². The number of Topliss-reactive ketones (excluding diaryl/α,β-unsaturated/α-hetero) is 1. The number of hydrogen-bond acceptors (Lipinski definition) is 6. The van der Waals surface area contributed by atoms with Crippen molar-refractivity contribution in [1.82, 2.24) is 4.98 Å². The molecule has 0 unspecified atom stereocenters. The number of ether oxygens (including phenoxy) is 1. The zero-order valence-corrected chi connectivity index (χ0v) is 19.9. The van der Waals surface area contributed by atoms with Gasteiger partial charge >= 0.3 is 5.91 Å². The lowest BCUT2D eigenvalue weighted by Gasteiger charge is -2.23. The molecule has 176 valence electrons. The number of nitrogens with zero attached hydrogens (tertiary/aromatic N) is 2. The van der Waals surface area contributed by atoms with E-state index in [0.29, 0.717) is 33.6 Å². The molecule has 5 rings (SSSR count). The molecule has 1 aliphatic heterocycles. The van der Waals surface area contributed by atoms with Crippen molar-refractivity contribution in [3.63, 3.8) is 0 Å². The van der Waals surface area contributed by atoms with E-state index < -0.39 is 29.3 Å². The summed E-state index contributed by atoms with van der Waals surface area (Å²) in [5, 5.41) is 11.8. The highest BCUT2D eigenvalue weighted by molar-refractivity contribution is 7.22. The summed E-state index contributed by atoms with van der Waals surface area (Å²) in [4.78, 5) is 32.4. The maximum Gasteiger partial charge on any atom is 0.301 e. The highest BCUT2D eigenvalue weighted by atomic mass is 35.5. The summed E-state index contributed by atoms with van der Waals surface area (Å²) in [6, 6.07) is 16.2. The molecule has 0 radical (unpaired) electrons. The van der Waals surface area contributed by atoms with Crippen LogP contribution in [0.5, 0.6) is 5.75 Å². The molecule has 2 heterocycles. The number of aliphatic hydroxyl groups excluding tert-OH is 1. The van der Waals surface area contributed by atoms with Crippen LogP contribution in [0.4, 0.5) is 9.52 Å². The van der Waals surface area contributed by atoms with Gasteiger partial charge in [-0.25, -0.2) is 9.37 Å². The summed E-state index contributed by atoms with van der Waals surface area (Å²) in [6.45, 7) is 2.39. The van der Waals surface area contributed by atoms with Crippen LogP contribution in [0.3, 0.4) is 0 Å². The second-order valence-electron chi connectivity index (χ2n) is 7.79. The van der Waals surface area contributed by atoms with Crippen molar-refractivity contribution in [2.45, 2.75) is 13.0 Å². The minimum absolute atomic E-state index is 0.127. The van der Waals surface area contributed by atoms with Gasteiger partial charge in [-0.2, -0.15) is 0 Å². The first kappa shape index (κ1) is 23.0. The minimum atomic E-state index is -0.981. The number of aromatic nitrogens is 1. The molecule has 1 fully saturated rings. The van der Waals surface area contributed by atoms with Crippen LogP contribution in [0.2, 0.25) is 5.02 Å². The number of aliphatic hydroxyl groups is 1. The molecular formula is C26H18ClFN2O4S. The molecule has 4 aromatic rings. The largest absolute Gasteiger partial charge is 0.507 e. The first-order valence-corrected chi connectivity index (χ1v) is 11.9. The molecule has 1 aromatic heterocycles. The predicted octanol–water partition coefficient (Wildman–Crippen LogP) is 6.11. The van der Waals surface area contributed by atoms with E-state index in [1.165, 1.54) is 40.5 Å². The lowest BCUT2D eigenvalue weighted by molar-refractivity contribution is -0.132. The van der Waals surface area contributed by atoms with Crippen molar-refractivity contribution < 1.29 is 23.8 Å². The zero-order valence-electron chi connectivity index (χ0n) is 18.4. The molecule has 1 atom stereocenters. The fraction of sp³-hybridized carbons (Fsp3) is 0.115. The topological polar surface area (TPSA) is 79.7 Å². The summed E-state index contributed by atoms with van der Waals surface area (Å²) in [7, 11) is 0. The van der Waals surface area contributed by atoms with Crippen molar-refractivity contribution >= 4 is 55.7 Å². The van der Waals surface area contributed by atoms with Gasteiger partial charge in [0.05, 0.1) is 28.4 Å². The van der Waals surface area contributed by atoms with Crippen LogP contribution >= 0.6 is 22.9 Å². The monoisotopic (exact) mass is 508 g/mol. The minimum Gasteiger partial charge on any atom is -0.507 e. The Labute approximate surface area is 208 Å². The van der Waals surface area contributed by atoms with E-state index in [1.807, 2.05) is 13.0 Å². The number of thiazole rings is 1. The smallest absolute Gasteiger partial charge is 0.301 e. The molecule has 1 amide bonds. The Balaban J connectivity index is 1.70. The van der Waals surface area contributed by atoms with Crippen LogP contribution in [0.25, 0.3) is 16.0 Å². The Morgan fingerprint density at radius 3 is 2.63 bits per heavy atom. The highest BCUT2D eigenvalue weighted by Gasteiger charge is 2.48. The Morgan fingerprint density at radius 2 is 1.91 bits per heavy atom. The Morgan fingerprint density at radius 1 is 1.14 bits per heavy atom. The number of amides is 1. The molecule has 0 saturated carbocycles. The highest BCUT2D eigenvalue weighted by Crippen LogP contribution is 2.45. The first-order valence-electron chi connectivity index (χ1n) is 10.7. The van der Waals surface area contributed by atoms with Crippen molar-refractivity contribution in [2.24, 2.45) is 0 Å². The predicted molar refractivity (Wildman–Crippen MR) is 133 cm³/mol. The van der Waals surface area contributed by atoms with Gasteiger partial charge in [0.25, 0.3) is 5.78 Å². The number of carbonyl (C=O) groups excluding carboxylic acids is 2. The third kappa shape index (κ3) is 4.15.